The van der Waals surface area contributed by atoms with Gasteiger partial charge in [-0.2, -0.15) is 0 Å². The van der Waals surface area contributed by atoms with E-state index in [0.717, 1.165) is 0 Å². The van der Waals surface area contributed by atoms with E-state index in [0.29, 0.717) is 11.4 Å². The van der Waals surface area contributed by atoms with Crippen molar-refractivity contribution in [3.63, 3.8) is 0 Å². The van der Waals surface area contributed by atoms with Gasteiger partial charge in [0.2, 0.25) is 11.8 Å². The van der Waals surface area contributed by atoms with Crippen LogP contribution in [0.3, 0.4) is 0 Å². The van der Waals surface area contributed by atoms with Crippen LogP contribution >= 0.6 is 11.8 Å². The van der Waals surface area contributed by atoms with Crippen LogP contribution in [0.4, 0.5) is 0 Å². The molecule has 114 valence electrons. The number of carboxylic acids is 1. The Morgan fingerprint density at radius 3 is 2.67 bits per heavy atom. The molecule has 5 atom stereocenters. The zero-order chi connectivity index (χ0) is 15.5. The molecular formula is C12H15N3O5S. The maximum atomic E-state index is 12.0. The third-order valence-electron chi connectivity index (χ3n) is 3.96. The Kier molecular flexibility index (Phi) is 3.23. The monoisotopic (exact) mass is 313 g/mol. The number of aliphatic carboxylic acids is 1. The summed E-state index contributed by atoms with van der Waals surface area (Å²) >= 11 is 1.27. The van der Waals surface area contributed by atoms with E-state index in [1.165, 1.54) is 23.6 Å². The number of aliphatic hydroxyl groups is 1. The van der Waals surface area contributed by atoms with Gasteiger partial charge in [0.25, 0.3) is 0 Å². The minimum Gasteiger partial charge on any atom is -0.477 e. The molecule has 0 aromatic carbocycles. The normalized spacial score (nSPS) is 35.3. The van der Waals surface area contributed by atoms with E-state index in [1.54, 1.807) is 4.90 Å². The quantitative estimate of drug-likeness (QED) is 0.411. The number of hydrogen-bond acceptors (Lipinski definition) is 6. The molecule has 2 fully saturated rings. The largest absolute Gasteiger partial charge is 0.477 e. The molecule has 4 N–H and O–H groups in total. The van der Waals surface area contributed by atoms with Gasteiger partial charge in [0.15, 0.2) is 0 Å². The maximum Gasteiger partial charge on any atom is 0.353 e. The van der Waals surface area contributed by atoms with E-state index in [-0.39, 0.29) is 29.6 Å². The van der Waals surface area contributed by atoms with Crippen molar-refractivity contribution < 1.29 is 24.6 Å². The minimum atomic E-state index is -1.17. The Balaban J connectivity index is 1.79. The number of nitrogens with zero attached hydrogens (tertiary/aromatic N) is 2. The van der Waals surface area contributed by atoms with E-state index >= 15 is 0 Å². The summed E-state index contributed by atoms with van der Waals surface area (Å²) in [5, 5.41) is 18.6. The predicted molar refractivity (Wildman–Crippen MR) is 72.6 cm³/mol. The van der Waals surface area contributed by atoms with Crippen LogP contribution in [0.1, 0.15) is 6.92 Å². The highest BCUT2D eigenvalue weighted by Gasteiger charge is 2.58. The number of β-lactam (4-membered cyclic amide) rings is 1. The number of carbonyl (C=O) groups is 3. The van der Waals surface area contributed by atoms with Crippen LogP contribution in [0.15, 0.2) is 10.6 Å². The molecule has 9 heteroatoms. The lowest BCUT2D eigenvalue weighted by Gasteiger charge is -2.43. The first-order chi connectivity index (χ1) is 9.82. The zero-order valence-corrected chi connectivity index (χ0v) is 12.0. The Bertz CT molecular complexity index is 575. The van der Waals surface area contributed by atoms with Crippen molar-refractivity contribution in [2.45, 2.75) is 24.4 Å². The molecule has 0 aromatic heterocycles. The van der Waals surface area contributed by atoms with Crippen molar-refractivity contribution >= 4 is 29.5 Å². The van der Waals surface area contributed by atoms with Gasteiger partial charge >= 0.3 is 5.97 Å². The van der Waals surface area contributed by atoms with Crippen LogP contribution in [-0.4, -0.2) is 68.4 Å². The Morgan fingerprint density at radius 1 is 1.52 bits per heavy atom. The SMILES string of the molecule is C[C@@H](O)[C@H]1C(=O)N2C(C(=O)O)=C(CN3C[C@@H]3C(N)=O)S[C@H]12. The molecular weight excluding hydrogens is 298 g/mol. The molecule has 0 spiro atoms. The summed E-state index contributed by atoms with van der Waals surface area (Å²) in [5.74, 6) is -2.55. The number of hydrogen-bond donors (Lipinski definition) is 3. The summed E-state index contributed by atoms with van der Waals surface area (Å²) in [7, 11) is 0. The highest BCUT2D eigenvalue weighted by Crippen LogP contribution is 2.50. The van der Waals surface area contributed by atoms with Gasteiger partial charge in [-0.05, 0) is 6.92 Å². The summed E-state index contributed by atoms with van der Waals surface area (Å²) in [6, 6.07) is -0.357. The van der Waals surface area contributed by atoms with Crippen molar-refractivity contribution in [3.8, 4) is 0 Å². The lowest BCUT2D eigenvalue weighted by atomic mass is 9.92. The van der Waals surface area contributed by atoms with Gasteiger partial charge in [0.05, 0.1) is 12.0 Å². The lowest BCUT2D eigenvalue weighted by molar-refractivity contribution is -0.156. The van der Waals surface area contributed by atoms with Gasteiger partial charge < -0.3 is 15.9 Å². The second-order valence-electron chi connectivity index (χ2n) is 5.41. The standard InChI is InChI=1S/C12H15N3O5S/c1-4(16)7-10(18)15-8(12(19)20)6(21-11(7)15)3-14-2-5(14)9(13)17/h4-5,7,11,16H,2-3H2,1H3,(H2,13,17)(H,19,20)/t4-,5-,7+,11-,14?/m1/s1. The predicted octanol–water partition coefficient (Wildman–Crippen LogP) is -1.64. The Hall–Kier alpha value is -1.58. The third-order valence-corrected chi connectivity index (χ3v) is 5.32. The highest BCUT2D eigenvalue weighted by molar-refractivity contribution is 8.04. The van der Waals surface area contributed by atoms with E-state index in [4.69, 9.17) is 5.73 Å². The number of carboxylic acid groups (broad SMARTS) is 1. The second-order valence-corrected chi connectivity index (χ2v) is 6.62. The number of primary amides is 1. The fourth-order valence-electron chi connectivity index (χ4n) is 2.77. The second kappa shape index (κ2) is 4.72. The highest BCUT2D eigenvalue weighted by atomic mass is 32.2. The minimum absolute atomic E-state index is 0.0398. The molecule has 3 heterocycles. The van der Waals surface area contributed by atoms with E-state index < -0.39 is 23.9 Å². The zero-order valence-electron chi connectivity index (χ0n) is 11.2. The summed E-state index contributed by atoms with van der Waals surface area (Å²) in [5.41, 5.74) is 5.15. The number of carbonyl (C=O) groups excluding carboxylic acids is 2. The molecule has 0 aromatic rings. The smallest absolute Gasteiger partial charge is 0.353 e. The first kappa shape index (κ1) is 14.4. The molecule has 0 saturated carbocycles. The molecule has 0 bridgehead atoms. The lowest BCUT2D eigenvalue weighted by Crippen LogP contribution is -2.60. The van der Waals surface area contributed by atoms with Gasteiger partial charge in [0.1, 0.15) is 17.1 Å². The summed E-state index contributed by atoms with van der Waals surface area (Å²) in [6.07, 6.45) is -0.819. The molecule has 3 rings (SSSR count). The van der Waals surface area contributed by atoms with Crippen molar-refractivity contribution in [2.75, 3.05) is 13.1 Å². The number of nitrogens with two attached hydrogens (primary N) is 1. The first-order valence-electron chi connectivity index (χ1n) is 6.50. The number of aliphatic hydroxyl groups excluding tert-OH is 1. The van der Waals surface area contributed by atoms with Gasteiger partial charge in [0, 0.05) is 18.0 Å². The first-order valence-corrected chi connectivity index (χ1v) is 7.38. The van der Waals surface area contributed by atoms with Crippen LogP contribution < -0.4 is 5.73 Å². The molecule has 0 radical (unpaired) electrons. The van der Waals surface area contributed by atoms with Crippen LogP contribution in [0.2, 0.25) is 0 Å². The molecule has 8 nitrogen and oxygen atoms in total. The fraction of sp³-hybridized carbons (Fsp3) is 0.583. The fourth-order valence-corrected chi connectivity index (χ4v) is 4.40. The van der Waals surface area contributed by atoms with Crippen LogP contribution in [0.25, 0.3) is 0 Å². The molecule has 2 saturated heterocycles. The van der Waals surface area contributed by atoms with Crippen molar-refractivity contribution in [1.82, 2.24) is 9.80 Å². The number of fused-ring (bicyclic) bond motifs is 1. The van der Waals surface area contributed by atoms with Crippen molar-refractivity contribution in [2.24, 2.45) is 11.7 Å². The van der Waals surface area contributed by atoms with E-state index in [2.05, 4.69) is 0 Å². The average Bonchev–Trinajstić information content (AvgIpc) is 3.05. The van der Waals surface area contributed by atoms with Crippen molar-refractivity contribution in [3.05, 3.63) is 10.6 Å². The Morgan fingerprint density at radius 2 is 2.19 bits per heavy atom. The Labute approximate surface area is 124 Å². The van der Waals surface area contributed by atoms with Crippen LogP contribution in [0, 0.1) is 5.92 Å². The average molecular weight is 313 g/mol. The van der Waals surface area contributed by atoms with Gasteiger partial charge in [-0.1, -0.05) is 0 Å². The number of thioether (sulfide) groups is 1. The van der Waals surface area contributed by atoms with E-state index in [9.17, 15) is 24.6 Å². The van der Waals surface area contributed by atoms with E-state index in [1.807, 2.05) is 0 Å². The molecule has 3 aliphatic rings. The van der Waals surface area contributed by atoms with Crippen molar-refractivity contribution in [1.29, 1.82) is 0 Å². The summed E-state index contributed by atoms with van der Waals surface area (Å²) < 4.78 is 0. The molecule has 21 heavy (non-hydrogen) atoms. The van der Waals surface area contributed by atoms with Gasteiger partial charge in [-0.3, -0.25) is 19.4 Å². The maximum absolute atomic E-state index is 12.0. The summed E-state index contributed by atoms with van der Waals surface area (Å²) in [6.45, 7) is 2.31. The topological polar surface area (TPSA) is 124 Å². The molecule has 1 unspecified atom stereocenters. The molecule has 3 aliphatic heterocycles. The molecule has 0 aliphatic carbocycles. The van der Waals surface area contributed by atoms with Gasteiger partial charge in [-0.25, -0.2) is 4.79 Å². The number of amides is 2. The van der Waals surface area contributed by atoms with Crippen LogP contribution in [-0.2, 0) is 14.4 Å². The van der Waals surface area contributed by atoms with Gasteiger partial charge in [-0.15, -0.1) is 11.8 Å². The number of rotatable bonds is 5. The molecule has 2 amide bonds. The summed E-state index contributed by atoms with van der Waals surface area (Å²) in [4.78, 5) is 37.9. The van der Waals surface area contributed by atoms with Crippen LogP contribution in [0.5, 0.6) is 0 Å². The third kappa shape index (κ3) is 2.12.